The molecule has 3 rings (SSSR count). The van der Waals surface area contributed by atoms with Crippen molar-refractivity contribution in [3.05, 3.63) is 64.6 Å². The van der Waals surface area contributed by atoms with Crippen LogP contribution in [0.1, 0.15) is 50.0 Å². The zero-order chi connectivity index (χ0) is 20.1. The van der Waals surface area contributed by atoms with Crippen LogP contribution >= 0.6 is 0 Å². The van der Waals surface area contributed by atoms with Gasteiger partial charge in [0, 0.05) is 23.7 Å². The molecule has 0 spiro atoms. The quantitative estimate of drug-likeness (QED) is 0.672. The number of halogens is 1. The average Bonchev–Trinajstić information content (AvgIpc) is 3.12. The summed E-state index contributed by atoms with van der Waals surface area (Å²) in [5.41, 5.74) is 2.03. The number of hydrogen-bond donors (Lipinski definition) is 1. The van der Waals surface area contributed by atoms with Gasteiger partial charge in [-0.15, -0.1) is 7.05 Å². The van der Waals surface area contributed by atoms with E-state index in [1.807, 2.05) is 25.3 Å². The first-order valence-electron chi connectivity index (χ1n) is 9.73. The molecule has 0 radical (unpaired) electrons. The molecule has 1 aliphatic heterocycles. The third-order valence-corrected chi connectivity index (χ3v) is 5.45. The summed E-state index contributed by atoms with van der Waals surface area (Å²) in [7, 11) is 1.77. The van der Waals surface area contributed by atoms with Crippen LogP contribution in [-0.4, -0.2) is 41.7 Å². The van der Waals surface area contributed by atoms with E-state index in [9.17, 15) is 4.39 Å². The van der Waals surface area contributed by atoms with E-state index in [4.69, 9.17) is 4.52 Å². The van der Waals surface area contributed by atoms with Crippen LogP contribution in [0.15, 0.2) is 40.7 Å². The summed E-state index contributed by atoms with van der Waals surface area (Å²) in [5.74, 6) is 1.21. The number of aromatic nitrogens is 2. The fourth-order valence-electron chi connectivity index (χ4n) is 3.59. The van der Waals surface area contributed by atoms with Crippen LogP contribution in [0.3, 0.4) is 0 Å². The summed E-state index contributed by atoms with van der Waals surface area (Å²) in [4.78, 5) is 6.85. The second-order valence-corrected chi connectivity index (χ2v) is 7.81. The predicted molar refractivity (Wildman–Crippen MR) is 107 cm³/mol. The maximum atomic E-state index is 13.2. The number of nitrogens with zero attached hydrogens (tertiary/aromatic N) is 4. The second-order valence-electron chi connectivity index (χ2n) is 7.81. The molecule has 1 unspecified atom stereocenters. The zero-order valence-corrected chi connectivity index (χ0v) is 21.2. The number of aryl methyl sites for hydroxylation is 1. The first-order valence-corrected chi connectivity index (χ1v) is 9.73. The van der Waals surface area contributed by atoms with Gasteiger partial charge in [0.2, 0.25) is 5.89 Å². The Hall–Kier alpha value is -0.774. The summed E-state index contributed by atoms with van der Waals surface area (Å²) in [6.45, 7) is 8.82. The van der Waals surface area contributed by atoms with Gasteiger partial charge in [0.15, 0.2) is 5.82 Å². The van der Waals surface area contributed by atoms with Gasteiger partial charge in [-0.2, -0.15) is 11.2 Å². The third-order valence-electron chi connectivity index (χ3n) is 5.45. The Balaban J connectivity index is 0.00000300. The number of piperidine rings is 1. The molecule has 2 aromatic rings. The van der Waals surface area contributed by atoms with Crippen LogP contribution in [0.5, 0.6) is 0 Å². The van der Waals surface area contributed by atoms with Gasteiger partial charge in [0.05, 0.1) is 0 Å². The van der Waals surface area contributed by atoms with Crippen molar-refractivity contribution in [1.82, 2.24) is 20.4 Å². The van der Waals surface area contributed by atoms with Crippen molar-refractivity contribution >= 4 is 0 Å². The van der Waals surface area contributed by atoms with E-state index in [-0.39, 0.29) is 68.7 Å². The number of benzene rings is 1. The minimum absolute atomic E-state index is 0. The molecule has 1 N–H and O–H groups in total. The van der Waals surface area contributed by atoms with Crippen molar-refractivity contribution in [2.45, 2.75) is 45.1 Å². The molecule has 1 aromatic carbocycles. The van der Waals surface area contributed by atoms with Gasteiger partial charge in [-0.25, -0.2) is 4.39 Å². The van der Waals surface area contributed by atoms with E-state index in [1.165, 1.54) is 12.1 Å². The molecule has 1 aliphatic rings. The van der Waals surface area contributed by atoms with Crippen LogP contribution in [-0.2, 0) is 5.41 Å². The van der Waals surface area contributed by atoms with Gasteiger partial charge in [0.25, 0.3) is 0 Å². The Labute approximate surface area is 215 Å². The van der Waals surface area contributed by atoms with Crippen molar-refractivity contribution in [3.8, 4) is 0 Å². The Morgan fingerprint density at radius 2 is 2.00 bits per heavy atom. The standard InChI is InChI=1S/C21H29FN5O.K/c1-15(17-5-7-18(22)8-6-17)24-19(13-23-4)14-27-11-9-21(3,10-12-27)20-25-16(2)26-28-20;/h5-8,13,15,24H,9-12,14H2,1-4H3;/q-1;+1/b19-13-;. The fraction of sp³-hybridized carbons (Fsp3) is 0.524. The molecular formula is C21H29FKN5O. The van der Waals surface area contributed by atoms with E-state index >= 15 is 0 Å². The van der Waals surface area contributed by atoms with Gasteiger partial charge >= 0.3 is 51.4 Å². The minimum Gasteiger partial charge on any atom is -0.692 e. The predicted octanol–water partition coefficient (Wildman–Crippen LogP) is 1.07. The normalized spacial score (nSPS) is 18.0. The Bertz CT molecular complexity index is 800. The number of likely N-dealkylation sites (tertiary alicyclic amines) is 1. The molecule has 1 saturated heterocycles. The summed E-state index contributed by atoms with van der Waals surface area (Å²) in [6.07, 6.45) is 3.81. The molecule has 0 amide bonds. The molecule has 1 fully saturated rings. The third kappa shape index (κ3) is 6.60. The molecule has 0 bridgehead atoms. The van der Waals surface area contributed by atoms with Crippen LogP contribution in [0, 0.1) is 12.7 Å². The second kappa shape index (κ2) is 11.0. The smallest absolute Gasteiger partial charge is 0.692 e. The number of hydrogen-bond acceptors (Lipinski definition) is 5. The van der Waals surface area contributed by atoms with E-state index in [2.05, 4.69) is 39.5 Å². The summed E-state index contributed by atoms with van der Waals surface area (Å²) in [6, 6.07) is 6.68. The van der Waals surface area contributed by atoms with Crippen molar-refractivity contribution in [1.29, 1.82) is 0 Å². The summed E-state index contributed by atoms with van der Waals surface area (Å²) >= 11 is 0. The number of rotatable bonds is 7. The van der Waals surface area contributed by atoms with E-state index in [0.29, 0.717) is 5.82 Å². The van der Waals surface area contributed by atoms with Crippen LogP contribution in [0.4, 0.5) is 4.39 Å². The first-order chi connectivity index (χ1) is 13.4. The summed E-state index contributed by atoms with van der Waals surface area (Å²) in [5, 5.41) is 11.7. The molecule has 152 valence electrons. The van der Waals surface area contributed by atoms with Crippen molar-refractivity contribution in [3.63, 3.8) is 0 Å². The molecule has 29 heavy (non-hydrogen) atoms. The van der Waals surface area contributed by atoms with Gasteiger partial charge in [-0.1, -0.05) is 24.2 Å². The maximum Gasteiger partial charge on any atom is 1.00 e. The van der Waals surface area contributed by atoms with Gasteiger partial charge in [0.1, 0.15) is 5.82 Å². The van der Waals surface area contributed by atoms with E-state index in [0.717, 1.165) is 49.6 Å². The zero-order valence-electron chi connectivity index (χ0n) is 18.1. The van der Waals surface area contributed by atoms with Crippen molar-refractivity contribution in [2.75, 3.05) is 26.7 Å². The topological polar surface area (TPSA) is 68.3 Å². The SMILES string of the molecule is C[N-]/C=C(/CN1CCC(C)(c2nc(C)no2)CC1)NC(C)c1ccc(F)cc1.[K+]. The van der Waals surface area contributed by atoms with Crippen molar-refractivity contribution in [2.24, 2.45) is 0 Å². The van der Waals surface area contributed by atoms with E-state index in [1.54, 1.807) is 7.05 Å². The average molecular weight is 426 g/mol. The van der Waals surface area contributed by atoms with Crippen LogP contribution in [0.2, 0.25) is 0 Å². The first kappa shape index (κ1) is 24.5. The Morgan fingerprint density at radius 1 is 1.34 bits per heavy atom. The van der Waals surface area contributed by atoms with E-state index < -0.39 is 0 Å². The van der Waals surface area contributed by atoms with Gasteiger partial charge < -0.3 is 15.2 Å². The largest absolute Gasteiger partial charge is 1.00 e. The molecule has 8 heteroatoms. The molecule has 6 nitrogen and oxygen atoms in total. The Morgan fingerprint density at radius 3 is 2.55 bits per heavy atom. The molecule has 0 aliphatic carbocycles. The molecule has 1 atom stereocenters. The van der Waals surface area contributed by atoms with Gasteiger partial charge in [-0.3, -0.25) is 4.90 Å². The fourth-order valence-corrected chi connectivity index (χ4v) is 3.59. The Kier molecular flexibility index (Phi) is 9.31. The molecule has 2 heterocycles. The van der Waals surface area contributed by atoms with Gasteiger partial charge in [-0.05, 0) is 57.5 Å². The minimum atomic E-state index is -0.219. The molecule has 1 aromatic heterocycles. The monoisotopic (exact) mass is 425 g/mol. The van der Waals surface area contributed by atoms with Crippen molar-refractivity contribution < 1.29 is 60.3 Å². The number of nitrogens with one attached hydrogen (secondary N) is 1. The molecular weight excluding hydrogens is 396 g/mol. The molecule has 0 saturated carbocycles. The summed E-state index contributed by atoms with van der Waals surface area (Å²) < 4.78 is 18.6. The maximum absolute atomic E-state index is 13.2. The van der Waals surface area contributed by atoms with Crippen LogP contribution < -0.4 is 56.7 Å². The van der Waals surface area contributed by atoms with Crippen LogP contribution in [0.25, 0.3) is 5.32 Å².